The van der Waals surface area contributed by atoms with Crippen LogP contribution in [0, 0.1) is 0 Å². The molecule has 2 heteroatoms. The zero-order chi connectivity index (χ0) is 11.1. The van der Waals surface area contributed by atoms with Gasteiger partial charge in [-0.15, -0.1) is 0 Å². The molecule has 1 aliphatic carbocycles. The predicted molar refractivity (Wildman–Crippen MR) is 64.0 cm³/mol. The molecule has 0 N–H and O–H groups in total. The standard InChI is InChI=1S/C14H15NO/c1-10(16)14-11-6-2-3-7-12(11)15-9-5-4-8-13(14)15/h4-5,8-9H,2-3,6-7H2,1H3. The molecule has 0 saturated heterocycles. The summed E-state index contributed by atoms with van der Waals surface area (Å²) in [7, 11) is 0. The van der Waals surface area contributed by atoms with E-state index in [1.807, 2.05) is 12.1 Å². The Morgan fingerprint density at radius 3 is 2.88 bits per heavy atom. The Morgan fingerprint density at radius 2 is 2.06 bits per heavy atom. The van der Waals surface area contributed by atoms with E-state index in [2.05, 4.69) is 16.7 Å². The van der Waals surface area contributed by atoms with Gasteiger partial charge in [0.1, 0.15) is 0 Å². The van der Waals surface area contributed by atoms with Gasteiger partial charge >= 0.3 is 0 Å². The Kier molecular flexibility index (Phi) is 2.10. The van der Waals surface area contributed by atoms with Gasteiger partial charge in [-0.05, 0) is 50.3 Å². The maximum atomic E-state index is 11.8. The van der Waals surface area contributed by atoms with Crippen molar-refractivity contribution in [2.45, 2.75) is 32.6 Å². The lowest BCUT2D eigenvalue weighted by atomic mass is 9.93. The van der Waals surface area contributed by atoms with Crippen LogP contribution in [-0.2, 0) is 12.8 Å². The lowest BCUT2D eigenvalue weighted by Gasteiger charge is -2.12. The largest absolute Gasteiger partial charge is 0.320 e. The Hall–Kier alpha value is -1.57. The summed E-state index contributed by atoms with van der Waals surface area (Å²) in [4.78, 5) is 11.8. The average molecular weight is 213 g/mol. The van der Waals surface area contributed by atoms with Gasteiger partial charge in [0.25, 0.3) is 0 Å². The molecule has 16 heavy (non-hydrogen) atoms. The van der Waals surface area contributed by atoms with Crippen molar-refractivity contribution in [2.75, 3.05) is 0 Å². The van der Waals surface area contributed by atoms with Crippen LogP contribution in [0.25, 0.3) is 5.52 Å². The minimum Gasteiger partial charge on any atom is -0.320 e. The van der Waals surface area contributed by atoms with E-state index >= 15 is 0 Å². The molecule has 0 aromatic carbocycles. The second-order valence-electron chi connectivity index (χ2n) is 4.52. The van der Waals surface area contributed by atoms with E-state index in [1.165, 1.54) is 24.1 Å². The molecule has 0 saturated carbocycles. The quantitative estimate of drug-likeness (QED) is 0.667. The monoisotopic (exact) mass is 213 g/mol. The van der Waals surface area contributed by atoms with Crippen molar-refractivity contribution in [1.29, 1.82) is 0 Å². The lowest BCUT2D eigenvalue weighted by Crippen LogP contribution is -2.05. The van der Waals surface area contributed by atoms with Gasteiger partial charge in [0.05, 0.1) is 5.52 Å². The Labute approximate surface area is 94.9 Å². The molecule has 2 heterocycles. The number of hydrogen-bond donors (Lipinski definition) is 0. The number of hydrogen-bond acceptors (Lipinski definition) is 1. The van der Waals surface area contributed by atoms with Gasteiger partial charge in [-0.25, -0.2) is 0 Å². The van der Waals surface area contributed by atoms with Crippen LogP contribution in [0.3, 0.4) is 0 Å². The highest BCUT2D eigenvalue weighted by Gasteiger charge is 2.22. The van der Waals surface area contributed by atoms with Crippen molar-refractivity contribution >= 4 is 11.3 Å². The fourth-order valence-electron chi connectivity index (χ4n) is 2.85. The molecular weight excluding hydrogens is 198 g/mol. The van der Waals surface area contributed by atoms with Crippen LogP contribution in [0.1, 0.15) is 41.4 Å². The zero-order valence-corrected chi connectivity index (χ0v) is 9.49. The number of rotatable bonds is 1. The molecule has 82 valence electrons. The Balaban J connectivity index is 2.41. The highest BCUT2D eigenvalue weighted by atomic mass is 16.1. The number of nitrogens with zero attached hydrogens (tertiary/aromatic N) is 1. The molecule has 1 aliphatic rings. The summed E-state index contributed by atoms with van der Waals surface area (Å²) in [5.74, 6) is 0.201. The van der Waals surface area contributed by atoms with Crippen LogP contribution < -0.4 is 0 Å². The number of carbonyl (C=O) groups excluding carboxylic acids is 1. The molecule has 0 spiro atoms. The second kappa shape index (κ2) is 3.48. The van der Waals surface area contributed by atoms with Gasteiger partial charge < -0.3 is 4.40 Å². The normalized spacial score (nSPS) is 15.1. The summed E-state index contributed by atoms with van der Waals surface area (Å²) in [6, 6.07) is 6.09. The summed E-state index contributed by atoms with van der Waals surface area (Å²) < 4.78 is 2.20. The van der Waals surface area contributed by atoms with Crippen LogP contribution in [0.5, 0.6) is 0 Å². The number of Topliss-reactive ketones (excluding diaryl/α,β-unsaturated/α-hetero) is 1. The average Bonchev–Trinajstić information content (AvgIpc) is 2.63. The fourth-order valence-corrected chi connectivity index (χ4v) is 2.85. The minimum absolute atomic E-state index is 0.201. The molecule has 2 aromatic heterocycles. The molecule has 0 radical (unpaired) electrons. The molecule has 0 bridgehead atoms. The first-order chi connectivity index (χ1) is 7.79. The molecule has 0 unspecified atom stereocenters. The Morgan fingerprint density at radius 1 is 1.25 bits per heavy atom. The van der Waals surface area contributed by atoms with Crippen LogP contribution in [0.4, 0.5) is 0 Å². The Bertz CT molecular complexity index is 565. The molecule has 0 atom stereocenters. The summed E-state index contributed by atoms with van der Waals surface area (Å²) >= 11 is 0. The zero-order valence-electron chi connectivity index (χ0n) is 9.49. The molecule has 0 amide bonds. The number of fused-ring (bicyclic) bond motifs is 3. The molecule has 0 aliphatic heterocycles. The molecule has 0 fully saturated rings. The SMILES string of the molecule is CC(=O)c1c2c(n3ccccc13)CCCC2. The summed E-state index contributed by atoms with van der Waals surface area (Å²) in [5.41, 5.74) is 4.69. The maximum Gasteiger partial charge on any atom is 0.162 e. The van der Waals surface area contributed by atoms with Gasteiger partial charge in [0.15, 0.2) is 5.78 Å². The van der Waals surface area contributed by atoms with E-state index in [-0.39, 0.29) is 5.78 Å². The van der Waals surface area contributed by atoms with Gasteiger partial charge in [-0.2, -0.15) is 0 Å². The highest BCUT2D eigenvalue weighted by molar-refractivity contribution is 6.03. The number of aryl methyl sites for hydroxylation is 1. The van der Waals surface area contributed by atoms with E-state index < -0.39 is 0 Å². The predicted octanol–water partition coefficient (Wildman–Crippen LogP) is 3.02. The van der Waals surface area contributed by atoms with Crippen LogP contribution in [-0.4, -0.2) is 10.2 Å². The number of aromatic nitrogens is 1. The topological polar surface area (TPSA) is 21.5 Å². The van der Waals surface area contributed by atoms with Gasteiger partial charge in [-0.3, -0.25) is 4.79 Å². The molecule has 2 aromatic rings. The van der Waals surface area contributed by atoms with Crippen molar-refractivity contribution < 1.29 is 4.79 Å². The van der Waals surface area contributed by atoms with E-state index in [1.54, 1.807) is 6.92 Å². The third-order valence-electron chi connectivity index (χ3n) is 3.50. The third kappa shape index (κ3) is 1.22. The van der Waals surface area contributed by atoms with E-state index in [0.29, 0.717) is 0 Å². The minimum atomic E-state index is 0.201. The fraction of sp³-hybridized carbons (Fsp3) is 0.357. The highest BCUT2D eigenvalue weighted by Crippen LogP contribution is 2.30. The van der Waals surface area contributed by atoms with Crippen LogP contribution in [0.15, 0.2) is 24.4 Å². The van der Waals surface area contributed by atoms with Crippen LogP contribution in [0.2, 0.25) is 0 Å². The number of carbonyl (C=O) groups is 1. The second-order valence-corrected chi connectivity index (χ2v) is 4.52. The third-order valence-corrected chi connectivity index (χ3v) is 3.50. The van der Waals surface area contributed by atoms with Crippen molar-refractivity contribution in [3.05, 3.63) is 41.2 Å². The summed E-state index contributed by atoms with van der Waals surface area (Å²) in [6.45, 7) is 1.68. The van der Waals surface area contributed by atoms with Gasteiger partial charge in [-0.1, -0.05) is 6.07 Å². The smallest absolute Gasteiger partial charge is 0.162 e. The molecule has 3 rings (SSSR count). The van der Waals surface area contributed by atoms with Gasteiger partial charge in [0.2, 0.25) is 0 Å². The van der Waals surface area contributed by atoms with Crippen molar-refractivity contribution in [3.8, 4) is 0 Å². The van der Waals surface area contributed by atoms with E-state index in [9.17, 15) is 4.79 Å². The lowest BCUT2D eigenvalue weighted by molar-refractivity contribution is 0.101. The number of pyridine rings is 1. The van der Waals surface area contributed by atoms with Crippen molar-refractivity contribution in [2.24, 2.45) is 0 Å². The summed E-state index contributed by atoms with van der Waals surface area (Å²) in [5, 5.41) is 0. The van der Waals surface area contributed by atoms with Crippen molar-refractivity contribution in [3.63, 3.8) is 0 Å². The molecular formula is C14H15NO. The summed E-state index contributed by atoms with van der Waals surface area (Å²) in [6.07, 6.45) is 6.70. The van der Waals surface area contributed by atoms with Crippen LogP contribution >= 0.6 is 0 Å². The first-order valence-corrected chi connectivity index (χ1v) is 5.91. The number of ketones is 1. The van der Waals surface area contributed by atoms with E-state index in [0.717, 1.165) is 23.9 Å². The molecule has 2 nitrogen and oxygen atoms in total. The van der Waals surface area contributed by atoms with E-state index in [4.69, 9.17) is 0 Å². The first kappa shape index (κ1) is 9.64. The maximum absolute atomic E-state index is 11.8. The first-order valence-electron chi connectivity index (χ1n) is 5.91. The van der Waals surface area contributed by atoms with Gasteiger partial charge in [0, 0.05) is 17.5 Å². The van der Waals surface area contributed by atoms with Crippen molar-refractivity contribution in [1.82, 2.24) is 4.40 Å².